The molecule has 0 aliphatic rings. The summed E-state index contributed by atoms with van der Waals surface area (Å²) in [5, 5.41) is 12.0. The van der Waals surface area contributed by atoms with Gasteiger partial charge in [0.1, 0.15) is 18.9 Å². The molecule has 0 saturated carbocycles. The van der Waals surface area contributed by atoms with Crippen molar-refractivity contribution in [2.75, 3.05) is 24.1 Å². The van der Waals surface area contributed by atoms with E-state index in [2.05, 4.69) is 16.4 Å². The van der Waals surface area contributed by atoms with E-state index in [4.69, 9.17) is 32.4 Å². The number of carbonyl (C=O) groups excluding carboxylic acids is 1. The fourth-order valence-corrected chi connectivity index (χ4v) is 4.03. The van der Waals surface area contributed by atoms with E-state index < -0.39 is 26.4 Å². The van der Waals surface area contributed by atoms with Crippen LogP contribution in [0.5, 0.6) is 5.75 Å². The van der Waals surface area contributed by atoms with Gasteiger partial charge in [0.2, 0.25) is 9.84 Å². The van der Waals surface area contributed by atoms with Crippen molar-refractivity contribution in [1.82, 2.24) is 4.98 Å². The Balaban J connectivity index is 1.82. The van der Waals surface area contributed by atoms with Crippen LogP contribution < -0.4 is 10.1 Å². The molecule has 0 fully saturated rings. The number of benzene rings is 2. The van der Waals surface area contributed by atoms with E-state index in [0.717, 1.165) is 23.6 Å². The first kappa shape index (κ1) is 25.6. The Morgan fingerprint density at radius 3 is 2.47 bits per heavy atom. The summed E-state index contributed by atoms with van der Waals surface area (Å²) in [6, 6.07) is 12.7. The minimum absolute atomic E-state index is 0.153. The van der Waals surface area contributed by atoms with E-state index in [-0.39, 0.29) is 18.2 Å². The SMILES string of the molecule is CC(C)(c1ccc(NC(=O)c2coc(S(C)(=O)=O)n2)cc1)c1cc(Cl)c(OCCCl)c(C#N)c1. The second-order valence-corrected chi connectivity index (χ2v) is 10.6. The zero-order valence-electron chi connectivity index (χ0n) is 18.6. The number of hydrogen-bond acceptors (Lipinski definition) is 7. The molecule has 0 aliphatic heterocycles. The Morgan fingerprint density at radius 2 is 1.91 bits per heavy atom. The Hall–Kier alpha value is -3.06. The molecule has 11 heteroatoms. The molecule has 2 aromatic carbocycles. The topological polar surface area (TPSA) is 122 Å². The first-order chi connectivity index (χ1) is 16.0. The first-order valence-corrected chi connectivity index (χ1v) is 12.8. The third kappa shape index (κ3) is 5.53. The maximum atomic E-state index is 12.4. The first-order valence-electron chi connectivity index (χ1n) is 9.97. The fourth-order valence-electron chi connectivity index (χ4n) is 3.19. The van der Waals surface area contributed by atoms with E-state index in [9.17, 15) is 18.5 Å². The highest BCUT2D eigenvalue weighted by atomic mass is 35.5. The molecule has 8 nitrogen and oxygen atoms in total. The van der Waals surface area contributed by atoms with Gasteiger partial charge >= 0.3 is 5.22 Å². The van der Waals surface area contributed by atoms with Crippen LogP contribution in [0.1, 0.15) is 41.0 Å². The molecule has 1 heterocycles. The average molecular weight is 522 g/mol. The highest BCUT2D eigenvalue weighted by Gasteiger charge is 2.26. The van der Waals surface area contributed by atoms with Crippen molar-refractivity contribution in [2.45, 2.75) is 24.5 Å². The molecule has 3 rings (SSSR count). The molecular formula is C23H21Cl2N3O5S. The van der Waals surface area contributed by atoms with Gasteiger partial charge in [-0.15, -0.1) is 11.6 Å². The van der Waals surface area contributed by atoms with Gasteiger partial charge in [0, 0.05) is 17.4 Å². The van der Waals surface area contributed by atoms with Crippen molar-refractivity contribution in [2.24, 2.45) is 0 Å². The van der Waals surface area contributed by atoms with Crippen molar-refractivity contribution in [3.8, 4) is 11.8 Å². The summed E-state index contributed by atoms with van der Waals surface area (Å²) in [6.45, 7) is 4.19. The molecule has 0 radical (unpaired) electrons. The summed E-state index contributed by atoms with van der Waals surface area (Å²) in [6.07, 6.45) is 1.93. The maximum absolute atomic E-state index is 12.4. The van der Waals surface area contributed by atoms with Gasteiger partial charge in [0.05, 0.1) is 16.5 Å². The number of anilines is 1. The Morgan fingerprint density at radius 1 is 1.24 bits per heavy atom. The van der Waals surface area contributed by atoms with E-state index in [0.29, 0.717) is 22.0 Å². The lowest BCUT2D eigenvalue weighted by molar-refractivity contribution is 0.102. The van der Waals surface area contributed by atoms with Crippen LogP contribution in [0.25, 0.3) is 0 Å². The highest BCUT2D eigenvalue weighted by molar-refractivity contribution is 7.90. The number of nitrogens with one attached hydrogen (secondary N) is 1. The third-order valence-corrected chi connectivity index (χ3v) is 6.36. The summed E-state index contributed by atoms with van der Waals surface area (Å²) >= 11 is 12.1. The van der Waals surface area contributed by atoms with Crippen molar-refractivity contribution in [1.29, 1.82) is 5.26 Å². The highest BCUT2D eigenvalue weighted by Crippen LogP contribution is 2.38. The summed E-state index contributed by atoms with van der Waals surface area (Å²) in [5.41, 5.74) is 1.82. The Bertz CT molecular complexity index is 1360. The fraction of sp³-hybridized carbons (Fsp3) is 0.261. The molecule has 1 amide bonds. The number of nitriles is 1. The third-order valence-electron chi connectivity index (χ3n) is 5.11. The van der Waals surface area contributed by atoms with E-state index in [1.165, 1.54) is 0 Å². The van der Waals surface area contributed by atoms with Crippen LogP contribution in [0.15, 0.2) is 52.3 Å². The summed E-state index contributed by atoms with van der Waals surface area (Å²) in [4.78, 5) is 16.1. The largest absolute Gasteiger partial charge is 0.489 e. The summed E-state index contributed by atoms with van der Waals surface area (Å²) in [7, 11) is -3.65. The molecule has 3 aromatic rings. The van der Waals surface area contributed by atoms with Gasteiger partial charge in [0.25, 0.3) is 5.91 Å². The average Bonchev–Trinajstić information content (AvgIpc) is 3.29. The lowest BCUT2D eigenvalue weighted by Gasteiger charge is -2.27. The molecular weight excluding hydrogens is 501 g/mol. The number of halogens is 2. The van der Waals surface area contributed by atoms with Gasteiger partial charge in [-0.2, -0.15) is 10.2 Å². The maximum Gasteiger partial charge on any atom is 0.315 e. The number of aromatic nitrogens is 1. The van der Waals surface area contributed by atoms with Crippen LogP contribution >= 0.6 is 23.2 Å². The molecule has 0 saturated heterocycles. The number of amides is 1. The van der Waals surface area contributed by atoms with Gasteiger partial charge in [-0.05, 0) is 35.4 Å². The van der Waals surface area contributed by atoms with Gasteiger partial charge in [-0.1, -0.05) is 37.6 Å². The Kier molecular flexibility index (Phi) is 7.56. The number of hydrogen-bond donors (Lipinski definition) is 1. The second-order valence-electron chi connectivity index (χ2n) is 7.91. The molecule has 0 aliphatic carbocycles. The predicted octanol–water partition coefficient (Wildman–Crippen LogP) is 4.80. The quantitative estimate of drug-likeness (QED) is 0.422. The van der Waals surface area contributed by atoms with Gasteiger partial charge in [-0.3, -0.25) is 4.79 Å². The second kappa shape index (κ2) is 10.1. The molecule has 0 unspecified atom stereocenters. The van der Waals surface area contributed by atoms with E-state index in [1.54, 1.807) is 24.3 Å². The molecule has 0 spiro atoms. The minimum atomic E-state index is -3.65. The number of rotatable bonds is 8. The van der Waals surface area contributed by atoms with Crippen molar-refractivity contribution in [3.05, 3.63) is 70.1 Å². The van der Waals surface area contributed by atoms with Gasteiger partial charge in [-0.25, -0.2) is 8.42 Å². The smallest absolute Gasteiger partial charge is 0.315 e. The number of sulfone groups is 1. The lowest BCUT2D eigenvalue weighted by Crippen LogP contribution is -2.20. The number of oxazole rings is 1. The van der Waals surface area contributed by atoms with Crippen molar-refractivity contribution < 1.29 is 22.4 Å². The molecule has 34 heavy (non-hydrogen) atoms. The van der Waals surface area contributed by atoms with Gasteiger partial charge < -0.3 is 14.5 Å². The molecule has 1 N–H and O–H groups in total. The standard InChI is InChI=1S/C23H21Cl2N3O5S/c1-23(2,16-10-14(12-26)20(18(25)11-16)32-9-8-24)15-4-6-17(7-5-15)27-21(29)19-13-33-22(28-19)34(3,30)31/h4-7,10-11,13H,8-9H2,1-3H3,(H,27,29). The normalized spacial score (nSPS) is 11.6. The van der Waals surface area contributed by atoms with E-state index >= 15 is 0 Å². The van der Waals surface area contributed by atoms with Crippen LogP contribution in [0, 0.1) is 11.3 Å². The molecule has 178 valence electrons. The number of alkyl halides is 1. The lowest BCUT2D eigenvalue weighted by atomic mass is 9.77. The zero-order valence-corrected chi connectivity index (χ0v) is 20.9. The van der Waals surface area contributed by atoms with Crippen LogP contribution in [0.2, 0.25) is 5.02 Å². The van der Waals surface area contributed by atoms with Crippen LogP contribution in [0.3, 0.4) is 0 Å². The summed E-state index contributed by atoms with van der Waals surface area (Å²) < 4.78 is 33.3. The van der Waals surface area contributed by atoms with Gasteiger partial charge in [0.15, 0.2) is 11.4 Å². The number of nitrogens with zero attached hydrogens (tertiary/aromatic N) is 2. The Labute approximate surface area is 207 Å². The predicted molar refractivity (Wildman–Crippen MR) is 129 cm³/mol. The van der Waals surface area contributed by atoms with Crippen LogP contribution in [0.4, 0.5) is 5.69 Å². The summed E-state index contributed by atoms with van der Waals surface area (Å²) in [5.74, 6) is -0.0368. The van der Waals surface area contributed by atoms with Crippen molar-refractivity contribution >= 4 is 44.6 Å². The molecule has 0 bridgehead atoms. The van der Waals surface area contributed by atoms with Crippen LogP contribution in [-0.4, -0.2) is 38.1 Å². The minimum Gasteiger partial charge on any atom is -0.489 e. The van der Waals surface area contributed by atoms with Crippen molar-refractivity contribution in [3.63, 3.8) is 0 Å². The zero-order chi connectivity index (χ0) is 25.1. The van der Waals surface area contributed by atoms with Crippen LogP contribution in [-0.2, 0) is 15.3 Å². The molecule has 1 aromatic heterocycles. The number of ether oxygens (including phenoxy) is 1. The number of carbonyl (C=O) groups is 1. The van der Waals surface area contributed by atoms with E-state index in [1.807, 2.05) is 26.0 Å². The molecule has 0 atom stereocenters. The monoisotopic (exact) mass is 521 g/mol.